The largest absolute Gasteiger partial charge is 0.387 e. The van der Waals surface area contributed by atoms with E-state index in [4.69, 9.17) is 5.73 Å². The number of rotatable bonds is 2. The van der Waals surface area contributed by atoms with Gasteiger partial charge in [-0.1, -0.05) is 6.92 Å². The minimum atomic E-state index is -0.444. The number of pyridine rings is 1. The van der Waals surface area contributed by atoms with E-state index in [-0.39, 0.29) is 11.9 Å². The Balaban J connectivity index is 2.30. The van der Waals surface area contributed by atoms with E-state index in [9.17, 15) is 10.1 Å². The van der Waals surface area contributed by atoms with Gasteiger partial charge in [0.15, 0.2) is 0 Å². The smallest absolute Gasteiger partial charge is 0.363 e. The van der Waals surface area contributed by atoms with Crippen LogP contribution in [0.1, 0.15) is 13.3 Å². The highest BCUT2D eigenvalue weighted by Crippen LogP contribution is 2.28. The molecule has 1 aromatic heterocycles. The van der Waals surface area contributed by atoms with Gasteiger partial charge in [-0.2, -0.15) is 0 Å². The van der Waals surface area contributed by atoms with Gasteiger partial charge in [-0.15, -0.1) is 0 Å². The van der Waals surface area contributed by atoms with E-state index >= 15 is 0 Å². The third-order valence-corrected chi connectivity index (χ3v) is 2.97. The minimum Gasteiger partial charge on any atom is -0.363 e. The van der Waals surface area contributed by atoms with Crippen LogP contribution in [0.5, 0.6) is 0 Å². The first-order valence-corrected chi connectivity index (χ1v) is 5.68. The fourth-order valence-electron chi connectivity index (χ4n) is 2.37. The molecule has 2 N–H and O–H groups in total. The quantitative estimate of drug-likeness (QED) is 0.615. The van der Waals surface area contributed by atoms with Crippen molar-refractivity contribution in [2.45, 2.75) is 19.4 Å². The van der Waals surface area contributed by atoms with Gasteiger partial charge in [0.2, 0.25) is 0 Å². The average Bonchev–Trinajstić information content (AvgIpc) is 2.27. The Morgan fingerprint density at radius 1 is 1.59 bits per heavy atom. The third-order valence-electron chi connectivity index (χ3n) is 2.97. The van der Waals surface area contributed by atoms with E-state index in [0.29, 0.717) is 18.2 Å². The number of anilines is 1. The van der Waals surface area contributed by atoms with Crippen LogP contribution in [0.15, 0.2) is 18.3 Å². The molecule has 0 spiro atoms. The summed E-state index contributed by atoms with van der Waals surface area (Å²) >= 11 is 0. The van der Waals surface area contributed by atoms with Gasteiger partial charge in [0.25, 0.3) is 0 Å². The summed E-state index contributed by atoms with van der Waals surface area (Å²) < 4.78 is 0. The molecule has 6 heteroatoms. The molecule has 1 aliphatic heterocycles. The highest BCUT2D eigenvalue weighted by atomic mass is 16.6. The van der Waals surface area contributed by atoms with Crippen LogP contribution in [0, 0.1) is 16.0 Å². The molecule has 0 radical (unpaired) electrons. The van der Waals surface area contributed by atoms with Gasteiger partial charge in [-0.3, -0.25) is 0 Å². The topological polar surface area (TPSA) is 85.3 Å². The Bertz CT molecular complexity index is 414. The monoisotopic (exact) mass is 236 g/mol. The zero-order chi connectivity index (χ0) is 12.4. The SMILES string of the molecule is CC1CC(N)CN(c2cccnc2[N+](=O)[O-])C1. The summed E-state index contributed by atoms with van der Waals surface area (Å²) in [7, 11) is 0. The lowest BCUT2D eigenvalue weighted by Crippen LogP contribution is -2.46. The normalized spacial score (nSPS) is 24.7. The number of nitro groups is 1. The van der Waals surface area contributed by atoms with Gasteiger partial charge >= 0.3 is 5.82 Å². The van der Waals surface area contributed by atoms with Gasteiger partial charge in [0.1, 0.15) is 11.9 Å². The Morgan fingerprint density at radius 2 is 2.35 bits per heavy atom. The molecule has 92 valence electrons. The molecular formula is C11H16N4O2. The van der Waals surface area contributed by atoms with Crippen LogP contribution in [-0.2, 0) is 0 Å². The number of hydrogen-bond donors (Lipinski definition) is 1. The van der Waals surface area contributed by atoms with E-state index in [0.717, 1.165) is 13.0 Å². The van der Waals surface area contributed by atoms with Crippen LogP contribution < -0.4 is 10.6 Å². The van der Waals surface area contributed by atoms with Crippen molar-refractivity contribution in [3.05, 3.63) is 28.4 Å². The van der Waals surface area contributed by atoms with Crippen molar-refractivity contribution in [3.63, 3.8) is 0 Å². The summed E-state index contributed by atoms with van der Waals surface area (Å²) in [4.78, 5) is 16.3. The number of nitrogens with two attached hydrogens (primary N) is 1. The first-order chi connectivity index (χ1) is 8.08. The summed E-state index contributed by atoms with van der Waals surface area (Å²) in [5.74, 6) is 0.354. The molecule has 0 bridgehead atoms. The lowest BCUT2D eigenvalue weighted by Gasteiger charge is -2.35. The number of aromatic nitrogens is 1. The zero-order valence-electron chi connectivity index (χ0n) is 9.74. The van der Waals surface area contributed by atoms with Crippen LogP contribution in [0.3, 0.4) is 0 Å². The fraction of sp³-hybridized carbons (Fsp3) is 0.545. The molecule has 1 aromatic rings. The molecule has 1 saturated heterocycles. The summed E-state index contributed by atoms with van der Waals surface area (Å²) in [6, 6.07) is 3.52. The molecule has 0 amide bonds. The zero-order valence-corrected chi connectivity index (χ0v) is 9.74. The maximum absolute atomic E-state index is 10.9. The predicted octanol–water partition coefficient (Wildman–Crippen LogP) is 1.16. The van der Waals surface area contributed by atoms with Crippen LogP contribution in [-0.4, -0.2) is 29.0 Å². The molecular weight excluding hydrogens is 220 g/mol. The van der Waals surface area contributed by atoms with Crippen LogP contribution in [0.25, 0.3) is 0 Å². The molecule has 0 aliphatic carbocycles. The average molecular weight is 236 g/mol. The van der Waals surface area contributed by atoms with Crippen molar-refractivity contribution in [1.82, 2.24) is 4.98 Å². The molecule has 1 aliphatic rings. The molecule has 2 atom stereocenters. The second-order valence-corrected chi connectivity index (χ2v) is 4.61. The van der Waals surface area contributed by atoms with Crippen molar-refractivity contribution in [2.24, 2.45) is 11.7 Å². The Kier molecular flexibility index (Phi) is 3.23. The minimum absolute atomic E-state index is 0.0681. The van der Waals surface area contributed by atoms with Gasteiger partial charge in [-0.05, 0) is 34.4 Å². The Morgan fingerprint density at radius 3 is 3.00 bits per heavy atom. The van der Waals surface area contributed by atoms with E-state index in [1.807, 2.05) is 4.90 Å². The Hall–Kier alpha value is -1.69. The summed E-state index contributed by atoms with van der Waals surface area (Å²) in [6.07, 6.45) is 2.40. The summed E-state index contributed by atoms with van der Waals surface area (Å²) in [5, 5.41) is 10.9. The second kappa shape index (κ2) is 4.67. The molecule has 0 aromatic carbocycles. The van der Waals surface area contributed by atoms with E-state index in [2.05, 4.69) is 11.9 Å². The second-order valence-electron chi connectivity index (χ2n) is 4.61. The van der Waals surface area contributed by atoms with E-state index in [1.54, 1.807) is 12.1 Å². The van der Waals surface area contributed by atoms with Crippen LogP contribution in [0.2, 0.25) is 0 Å². The maximum Gasteiger partial charge on any atom is 0.387 e. The maximum atomic E-state index is 10.9. The van der Waals surface area contributed by atoms with Crippen molar-refractivity contribution < 1.29 is 4.92 Å². The lowest BCUT2D eigenvalue weighted by atomic mass is 9.96. The van der Waals surface area contributed by atoms with Crippen molar-refractivity contribution >= 4 is 11.5 Å². The lowest BCUT2D eigenvalue weighted by molar-refractivity contribution is -0.388. The van der Waals surface area contributed by atoms with Gasteiger partial charge in [-0.25, -0.2) is 0 Å². The molecule has 2 rings (SSSR count). The van der Waals surface area contributed by atoms with Crippen molar-refractivity contribution in [2.75, 3.05) is 18.0 Å². The van der Waals surface area contributed by atoms with Gasteiger partial charge in [0, 0.05) is 19.1 Å². The van der Waals surface area contributed by atoms with Crippen molar-refractivity contribution in [3.8, 4) is 0 Å². The summed E-state index contributed by atoms with van der Waals surface area (Å²) in [5.41, 5.74) is 6.52. The number of piperidine rings is 1. The highest BCUT2D eigenvalue weighted by Gasteiger charge is 2.27. The molecule has 2 heterocycles. The Labute approximate surface area is 99.6 Å². The van der Waals surface area contributed by atoms with E-state index in [1.165, 1.54) is 6.20 Å². The third kappa shape index (κ3) is 2.52. The molecule has 0 saturated carbocycles. The molecule has 1 fully saturated rings. The number of hydrogen-bond acceptors (Lipinski definition) is 5. The van der Waals surface area contributed by atoms with Crippen molar-refractivity contribution in [1.29, 1.82) is 0 Å². The first kappa shape index (κ1) is 11.8. The van der Waals surface area contributed by atoms with Crippen LogP contribution >= 0.6 is 0 Å². The molecule has 17 heavy (non-hydrogen) atoms. The highest BCUT2D eigenvalue weighted by molar-refractivity contribution is 5.59. The molecule has 2 unspecified atom stereocenters. The summed E-state index contributed by atoms with van der Waals surface area (Å²) in [6.45, 7) is 3.55. The van der Waals surface area contributed by atoms with Crippen LogP contribution in [0.4, 0.5) is 11.5 Å². The fourth-order valence-corrected chi connectivity index (χ4v) is 2.37. The van der Waals surface area contributed by atoms with Gasteiger partial charge < -0.3 is 20.7 Å². The van der Waals surface area contributed by atoms with Gasteiger partial charge in [0.05, 0.1) is 0 Å². The standard InChI is InChI=1S/C11H16N4O2/c1-8-5-9(12)7-14(6-8)10-3-2-4-13-11(10)15(16)17/h2-4,8-9H,5-7,12H2,1H3. The van der Waals surface area contributed by atoms with E-state index < -0.39 is 4.92 Å². The first-order valence-electron chi connectivity index (χ1n) is 5.68. The number of nitrogens with zero attached hydrogens (tertiary/aromatic N) is 3. The molecule has 6 nitrogen and oxygen atoms in total. The predicted molar refractivity (Wildman–Crippen MR) is 64.9 cm³/mol.